The van der Waals surface area contributed by atoms with Crippen molar-refractivity contribution in [1.29, 1.82) is 5.26 Å². The first-order valence-corrected chi connectivity index (χ1v) is 6.69. The van der Waals surface area contributed by atoms with E-state index in [1.165, 1.54) is 18.2 Å². The summed E-state index contributed by atoms with van der Waals surface area (Å²) in [5.41, 5.74) is -0.297. The molecule has 0 aromatic heterocycles. The zero-order valence-electron chi connectivity index (χ0n) is 11.7. The standard InChI is InChI=1S/C15H16F2N2O2/c1-15(10-18)6-8-19(9-7-15)13(20)11-4-2-3-5-12(11)21-14(16)17/h2-5,14H,6-9H2,1H3. The second-order valence-corrected chi connectivity index (χ2v) is 5.34. The predicted octanol–water partition coefficient (Wildman–Crippen LogP) is 3.05. The number of halogens is 2. The first-order valence-electron chi connectivity index (χ1n) is 6.69. The van der Waals surface area contributed by atoms with Gasteiger partial charge in [0.15, 0.2) is 0 Å². The minimum Gasteiger partial charge on any atom is -0.434 e. The minimum absolute atomic E-state index is 0.119. The highest BCUT2D eigenvalue weighted by Gasteiger charge is 2.32. The summed E-state index contributed by atoms with van der Waals surface area (Å²) in [4.78, 5) is 14.0. The van der Waals surface area contributed by atoms with Gasteiger partial charge in [0.25, 0.3) is 5.91 Å². The molecule has 2 rings (SSSR count). The Balaban J connectivity index is 2.13. The highest BCUT2D eigenvalue weighted by molar-refractivity contribution is 5.97. The Kier molecular flexibility index (Phi) is 4.41. The molecule has 1 amide bonds. The number of carbonyl (C=O) groups is 1. The number of amides is 1. The third-order valence-corrected chi connectivity index (χ3v) is 3.76. The number of alkyl halides is 2. The Morgan fingerprint density at radius 1 is 1.38 bits per heavy atom. The van der Waals surface area contributed by atoms with E-state index in [9.17, 15) is 13.6 Å². The predicted molar refractivity (Wildman–Crippen MR) is 71.9 cm³/mol. The van der Waals surface area contributed by atoms with Gasteiger partial charge in [0, 0.05) is 13.1 Å². The molecule has 1 aromatic rings. The third-order valence-electron chi connectivity index (χ3n) is 3.76. The molecule has 4 nitrogen and oxygen atoms in total. The smallest absolute Gasteiger partial charge is 0.387 e. The van der Waals surface area contributed by atoms with E-state index in [0.29, 0.717) is 25.9 Å². The monoisotopic (exact) mass is 294 g/mol. The number of hydrogen-bond donors (Lipinski definition) is 0. The SMILES string of the molecule is CC1(C#N)CCN(C(=O)c2ccccc2OC(F)F)CC1. The molecule has 6 heteroatoms. The highest BCUT2D eigenvalue weighted by atomic mass is 19.3. The van der Waals surface area contributed by atoms with Crippen molar-refractivity contribution in [2.45, 2.75) is 26.4 Å². The van der Waals surface area contributed by atoms with E-state index >= 15 is 0 Å². The number of carbonyl (C=O) groups excluding carboxylic acids is 1. The Morgan fingerprint density at radius 2 is 2.00 bits per heavy atom. The van der Waals surface area contributed by atoms with Crippen molar-refractivity contribution in [2.75, 3.05) is 13.1 Å². The minimum atomic E-state index is -2.97. The molecule has 0 bridgehead atoms. The van der Waals surface area contributed by atoms with Crippen molar-refractivity contribution < 1.29 is 18.3 Å². The fourth-order valence-electron chi connectivity index (χ4n) is 2.33. The lowest BCUT2D eigenvalue weighted by Crippen LogP contribution is -2.41. The average Bonchev–Trinajstić information content (AvgIpc) is 2.47. The molecule has 0 radical (unpaired) electrons. The number of para-hydroxylation sites is 1. The van der Waals surface area contributed by atoms with Gasteiger partial charge >= 0.3 is 6.61 Å². The van der Waals surface area contributed by atoms with Crippen LogP contribution in [-0.4, -0.2) is 30.5 Å². The van der Waals surface area contributed by atoms with E-state index in [0.717, 1.165) is 0 Å². The normalized spacial score (nSPS) is 17.4. The number of likely N-dealkylation sites (tertiary alicyclic amines) is 1. The van der Waals surface area contributed by atoms with Crippen LogP contribution < -0.4 is 4.74 Å². The summed E-state index contributed by atoms with van der Waals surface area (Å²) in [7, 11) is 0. The zero-order valence-corrected chi connectivity index (χ0v) is 11.7. The third kappa shape index (κ3) is 3.48. The number of benzene rings is 1. The van der Waals surface area contributed by atoms with Crippen LogP contribution >= 0.6 is 0 Å². The Morgan fingerprint density at radius 3 is 2.57 bits per heavy atom. The number of rotatable bonds is 3. The van der Waals surface area contributed by atoms with Crippen molar-refractivity contribution in [3.05, 3.63) is 29.8 Å². The molecular formula is C15H16F2N2O2. The van der Waals surface area contributed by atoms with Crippen LogP contribution in [0, 0.1) is 16.7 Å². The van der Waals surface area contributed by atoms with Gasteiger partial charge in [0.2, 0.25) is 0 Å². The second-order valence-electron chi connectivity index (χ2n) is 5.34. The van der Waals surface area contributed by atoms with Crippen LogP contribution in [0.15, 0.2) is 24.3 Å². The van der Waals surface area contributed by atoms with E-state index in [-0.39, 0.29) is 17.2 Å². The zero-order chi connectivity index (χ0) is 15.5. The van der Waals surface area contributed by atoms with Crippen molar-refractivity contribution >= 4 is 5.91 Å². The average molecular weight is 294 g/mol. The highest BCUT2D eigenvalue weighted by Crippen LogP contribution is 2.31. The van der Waals surface area contributed by atoms with Crippen LogP contribution in [0.3, 0.4) is 0 Å². The molecule has 1 aromatic carbocycles. The number of piperidine rings is 1. The molecule has 0 spiro atoms. The number of nitriles is 1. The molecule has 112 valence electrons. The van der Waals surface area contributed by atoms with E-state index in [4.69, 9.17) is 5.26 Å². The Bertz CT molecular complexity index is 561. The van der Waals surface area contributed by atoms with Crippen LogP contribution in [0.5, 0.6) is 5.75 Å². The number of hydrogen-bond acceptors (Lipinski definition) is 3. The van der Waals surface area contributed by atoms with Crippen LogP contribution in [0.25, 0.3) is 0 Å². The molecule has 0 N–H and O–H groups in total. The molecule has 0 saturated carbocycles. The van der Waals surface area contributed by atoms with Gasteiger partial charge in [-0.1, -0.05) is 12.1 Å². The Labute approximate surface area is 121 Å². The van der Waals surface area contributed by atoms with Crippen molar-refractivity contribution in [3.63, 3.8) is 0 Å². The maximum Gasteiger partial charge on any atom is 0.387 e. The number of nitrogens with zero attached hydrogens (tertiary/aromatic N) is 2. The lowest BCUT2D eigenvalue weighted by atomic mass is 9.82. The van der Waals surface area contributed by atoms with Gasteiger partial charge in [-0.2, -0.15) is 14.0 Å². The summed E-state index contributed by atoms with van der Waals surface area (Å²) in [6, 6.07) is 8.22. The molecule has 1 fully saturated rings. The van der Waals surface area contributed by atoms with Crippen molar-refractivity contribution in [3.8, 4) is 11.8 Å². The van der Waals surface area contributed by atoms with Crippen molar-refractivity contribution in [2.24, 2.45) is 5.41 Å². The molecule has 1 aliphatic heterocycles. The van der Waals surface area contributed by atoms with Crippen LogP contribution in [0.4, 0.5) is 8.78 Å². The van der Waals surface area contributed by atoms with E-state index in [2.05, 4.69) is 10.8 Å². The molecule has 0 aliphatic carbocycles. The molecule has 0 unspecified atom stereocenters. The first kappa shape index (κ1) is 15.2. The quantitative estimate of drug-likeness (QED) is 0.861. The maximum absolute atomic E-state index is 12.4. The number of ether oxygens (including phenoxy) is 1. The topological polar surface area (TPSA) is 53.3 Å². The van der Waals surface area contributed by atoms with Crippen LogP contribution in [0.1, 0.15) is 30.1 Å². The molecular weight excluding hydrogens is 278 g/mol. The second kappa shape index (κ2) is 6.08. The summed E-state index contributed by atoms with van der Waals surface area (Å²) in [6.45, 7) is -0.234. The first-order chi connectivity index (χ1) is 9.95. The molecule has 0 atom stereocenters. The summed E-state index contributed by atoms with van der Waals surface area (Å²) < 4.78 is 29.1. The lowest BCUT2D eigenvalue weighted by molar-refractivity contribution is -0.0503. The molecule has 21 heavy (non-hydrogen) atoms. The van der Waals surface area contributed by atoms with Gasteiger partial charge in [-0.15, -0.1) is 0 Å². The van der Waals surface area contributed by atoms with Crippen LogP contribution in [0.2, 0.25) is 0 Å². The van der Waals surface area contributed by atoms with Gasteiger partial charge in [-0.25, -0.2) is 0 Å². The molecule has 1 aliphatic rings. The largest absolute Gasteiger partial charge is 0.434 e. The van der Waals surface area contributed by atoms with Gasteiger partial charge in [-0.05, 0) is 31.9 Å². The summed E-state index contributed by atoms with van der Waals surface area (Å²) in [6.07, 6.45) is 1.15. The fourth-order valence-corrected chi connectivity index (χ4v) is 2.33. The lowest BCUT2D eigenvalue weighted by Gasteiger charge is -2.35. The van der Waals surface area contributed by atoms with Gasteiger partial charge in [0.1, 0.15) is 5.75 Å². The van der Waals surface area contributed by atoms with E-state index < -0.39 is 12.0 Å². The Hall–Kier alpha value is -2.16. The van der Waals surface area contributed by atoms with Crippen molar-refractivity contribution in [1.82, 2.24) is 4.90 Å². The van der Waals surface area contributed by atoms with E-state index in [1.54, 1.807) is 11.0 Å². The molecule has 1 heterocycles. The van der Waals surface area contributed by atoms with E-state index in [1.807, 2.05) is 6.92 Å². The summed E-state index contributed by atoms with van der Waals surface area (Å²) >= 11 is 0. The van der Waals surface area contributed by atoms with Gasteiger partial charge in [0.05, 0.1) is 17.0 Å². The maximum atomic E-state index is 12.4. The molecule has 1 saturated heterocycles. The summed E-state index contributed by atoms with van der Waals surface area (Å²) in [5, 5.41) is 9.08. The fraction of sp³-hybridized carbons (Fsp3) is 0.467. The van der Waals surface area contributed by atoms with Gasteiger partial charge < -0.3 is 9.64 Å². The van der Waals surface area contributed by atoms with Crippen LogP contribution in [-0.2, 0) is 0 Å². The summed E-state index contributed by atoms with van der Waals surface area (Å²) in [5.74, 6) is -0.461. The van der Waals surface area contributed by atoms with Gasteiger partial charge in [-0.3, -0.25) is 4.79 Å².